The van der Waals surface area contributed by atoms with Gasteiger partial charge in [-0.1, -0.05) is 6.42 Å². The van der Waals surface area contributed by atoms with Crippen molar-refractivity contribution in [1.29, 1.82) is 0 Å². The SMILES string of the molecule is COc1cc2c(cc1OC)CN(CC1(CS)CCC1)CC2. The maximum absolute atomic E-state index is 5.44. The van der Waals surface area contributed by atoms with E-state index in [-0.39, 0.29) is 0 Å². The van der Waals surface area contributed by atoms with Crippen molar-refractivity contribution >= 4 is 12.6 Å². The molecule has 0 amide bonds. The number of hydrogen-bond acceptors (Lipinski definition) is 4. The molecule has 2 aliphatic rings. The average Bonchev–Trinajstić information content (AvgIpc) is 2.49. The van der Waals surface area contributed by atoms with E-state index in [1.807, 2.05) is 0 Å². The van der Waals surface area contributed by atoms with E-state index < -0.39 is 0 Å². The van der Waals surface area contributed by atoms with Crippen LogP contribution in [0.5, 0.6) is 11.5 Å². The van der Waals surface area contributed by atoms with Crippen molar-refractivity contribution in [1.82, 2.24) is 4.90 Å². The molecule has 1 saturated carbocycles. The van der Waals surface area contributed by atoms with Crippen LogP contribution in [0.3, 0.4) is 0 Å². The normalized spacial score (nSPS) is 20.5. The number of rotatable bonds is 5. The molecule has 0 spiro atoms. The van der Waals surface area contributed by atoms with Crippen LogP contribution in [-0.2, 0) is 13.0 Å². The van der Waals surface area contributed by atoms with E-state index >= 15 is 0 Å². The van der Waals surface area contributed by atoms with Crippen LogP contribution in [-0.4, -0.2) is 38.0 Å². The number of thiol groups is 1. The van der Waals surface area contributed by atoms with E-state index in [0.717, 1.165) is 36.8 Å². The Morgan fingerprint density at radius 2 is 1.81 bits per heavy atom. The van der Waals surface area contributed by atoms with Gasteiger partial charge in [-0.2, -0.15) is 12.6 Å². The van der Waals surface area contributed by atoms with Crippen molar-refractivity contribution in [3.63, 3.8) is 0 Å². The summed E-state index contributed by atoms with van der Waals surface area (Å²) >= 11 is 4.58. The van der Waals surface area contributed by atoms with Gasteiger partial charge in [0.15, 0.2) is 11.5 Å². The van der Waals surface area contributed by atoms with E-state index in [9.17, 15) is 0 Å². The summed E-state index contributed by atoms with van der Waals surface area (Å²) in [6.45, 7) is 3.34. The van der Waals surface area contributed by atoms with E-state index in [0.29, 0.717) is 5.41 Å². The summed E-state index contributed by atoms with van der Waals surface area (Å²) in [7, 11) is 3.40. The first kappa shape index (κ1) is 15.0. The zero-order valence-corrected chi connectivity index (χ0v) is 13.9. The largest absolute Gasteiger partial charge is 0.493 e. The van der Waals surface area contributed by atoms with Crippen LogP contribution in [0.2, 0.25) is 0 Å². The van der Waals surface area contributed by atoms with Gasteiger partial charge in [0, 0.05) is 19.6 Å². The third-order valence-electron chi connectivity index (χ3n) is 5.11. The predicted octanol–water partition coefficient (Wildman–Crippen LogP) is 3.16. The van der Waals surface area contributed by atoms with Crippen LogP contribution in [0.4, 0.5) is 0 Å². The Bertz CT molecular complexity index is 508. The lowest BCUT2D eigenvalue weighted by atomic mass is 9.69. The second-order valence-corrected chi connectivity index (χ2v) is 6.76. The fraction of sp³-hybridized carbons (Fsp3) is 0.647. The summed E-state index contributed by atoms with van der Waals surface area (Å²) in [6, 6.07) is 4.29. The van der Waals surface area contributed by atoms with E-state index in [2.05, 4.69) is 29.7 Å². The van der Waals surface area contributed by atoms with E-state index in [4.69, 9.17) is 9.47 Å². The average molecular weight is 307 g/mol. The number of benzene rings is 1. The lowest BCUT2D eigenvalue weighted by Gasteiger charge is -2.45. The summed E-state index contributed by atoms with van der Waals surface area (Å²) in [5.74, 6) is 2.70. The van der Waals surface area contributed by atoms with Crippen molar-refractivity contribution < 1.29 is 9.47 Å². The molecule has 4 heteroatoms. The maximum atomic E-state index is 5.44. The molecule has 0 bridgehead atoms. The first-order valence-electron chi connectivity index (χ1n) is 7.77. The monoisotopic (exact) mass is 307 g/mol. The second kappa shape index (κ2) is 6.09. The van der Waals surface area contributed by atoms with Crippen molar-refractivity contribution in [2.45, 2.75) is 32.2 Å². The summed E-state index contributed by atoms with van der Waals surface area (Å²) in [5.41, 5.74) is 3.25. The fourth-order valence-electron chi connectivity index (χ4n) is 3.59. The van der Waals surface area contributed by atoms with Gasteiger partial charge in [0.25, 0.3) is 0 Å². The highest BCUT2D eigenvalue weighted by molar-refractivity contribution is 7.80. The Balaban J connectivity index is 1.75. The number of hydrogen-bond donors (Lipinski definition) is 1. The van der Waals surface area contributed by atoms with Gasteiger partial charge < -0.3 is 9.47 Å². The van der Waals surface area contributed by atoms with Gasteiger partial charge in [0.05, 0.1) is 14.2 Å². The molecule has 0 radical (unpaired) electrons. The molecule has 0 saturated heterocycles. The van der Waals surface area contributed by atoms with Crippen molar-refractivity contribution in [3.05, 3.63) is 23.3 Å². The molecule has 1 aromatic rings. The quantitative estimate of drug-likeness (QED) is 0.845. The van der Waals surface area contributed by atoms with Crippen LogP contribution in [0.1, 0.15) is 30.4 Å². The van der Waals surface area contributed by atoms with Gasteiger partial charge in [0.2, 0.25) is 0 Å². The van der Waals surface area contributed by atoms with Crippen LogP contribution in [0, 0.1) is 5.41 Å². The molecule has 116 valence electrons. The lowest BCUT2D eigenvalue weighted by Crippen LogP contribution is -2.45. The molecule has 0 unspecified atom stereocenters. The summed E-state index contributed by atoms with van der Waals surface area (Å²) in [4.78, 5) is 2.59. The Hall–Kier alpha value is -0.870. The Morgan fingerprint density at radius 1 is 1.14 bits per heavy atom. The van der Waals surface area contributed by atoms with Crippen LogP contribution >= 0.6 is 12.6 Å². The van der Waals surface area contributed by atoms with Crippen molar-refractivity contribution in [2.75, 3.05) is 33.1 Å². The smallest absolute Gasteiger partial charge is 0.161 e. The molecule has 1 fully saturated rings. The Labute approximate surface area is 133 Å². The number of ether oxygens (including phenoxy) is 2. The zero-order valence-electron chi connectivity index (χ0n) is 13.0. The second-order valence-electron chi connectivity index (χ2n) is 6.45. The molecule has 1 aliphatic carbocycles. The Kier molecular flexibility index (Phi) is 4.36. The number of nitrogens with zero attached hydrogens (tertiary/aromatic N) is 1. The summed E-state index contributed by atoms with van der Waals surface area (Å²) < 4.78 is 10.8. The minimum Gasteiger partial charge on any atom is -0.493 e. The van der Waals surface area contributed by atoms with Crippen molar-refractivity contribution in [2.24, 2.45) is 5.41 Å². The van der Waals surface area contributed by atoms with Gasteiger partial charge >= 0.3 is 0 Å². The first-order valence-corrected chi connectivity index (χ1v) is 8.40. The molecule has 1 aliphatic heterocycles. The molecule has 1 aromatic carbocycles. The first-order chi connectivity index (χ1) is 10.2. The zero-order chi connectivity index (χ0) is 14.9. The minimum atomic E-state index is 0.469. The highest BCUT2D eigenvalue weighted by Gasteiger charge is 2.37. The Morgan fingerprint density at radius 3 is 2.33 bits per heavy atom. The molecular weight excluding hydrogens is 282 g/mol. The minimum absolute atomic E-state index is 0.469. The van der Waals surface area contributed by atoms with Gasteiger partial charge in [0.1, 0.15) is 0 Å². The topological polar surface area (TPSA) is 21.7 Å². The van der Waals surface area contributed by atoms with E-state index in [1.165, 1.54) is 36.9 Å². The van der Waals surface area contributed by atoms with Gasteiger partial charge in [-0.15, -0.1) is 0 Å². The molecule has 0 atom stereocenters. The predicted molar refractivity (Wildman–Crippen MR) is 88.7 cm³/mol. The van der Waals surface area contributed by atoms with Crippen molar-refractivity contribution in [3.8, 4) is 11.5 Å². The molecule has 21 heavy (non-hydrogen) atoms. The molecule has 3 rings (SSSR count). The van der Waals surface area contributed by atoms with Gasteiger partial charge in [-0.3, -0.25) is 4.90 Å². The highest BCUT2D eigenvalue weighted by atomic mass is 32.1. The number of fused-ring (bicyclic) bond motifs is 1. The van der Waals surface area contributed by atoms with E-state index in [1.54, 1.807) is 14.2 Å². The molecular formula is C17H25NO2S. The third kappa shape index (κ3) is 2.88. The molecule has 3 nitrogen and oxygen atoms in total. The molecule has 0 aromatic heterocycles. The number of methoxy groups -OCH3 is 2. The maximum Gasteiger partial charge on any atom is 0.161 e. The summed E-state index contributed by atoms with van der Waals surface area (Å²) in [6.07, 6.45) is 5.14. The summed E-state index contributed by atoms with van der Waals surface area (Å²) in [5, 5.41) is 0. The fourth-order valence-corrected chi connectivity index (χ4v) is 4.01. The lowest BCUT2D eigenvalue weighted by molar-refractivity contribution is 0.0827. The van der Waals surface area contributed by atoms with Gasteiger partial charge in [-0.05, 0) is 53.7 Å². The third-order valence-corrected chi connectivity index (χ3v) is 5.78. The standard InChI is InChI=1S/C17H25NO2S/c1-19-15-8-13-4-7-18(10-14(13)9-16(15)20-2)11-17(12-21)5-3-6-17/h8-9,21H,3-7,10-12H2,1-2H3. The van der Waals surface area contributed by atoms with Crippen LogP contribution in [0.25, 0.3) is 0 Å². The van der Waals surface area contributed by atoms with Gasteiger partial charge in [-0.25, -0.2) is 0 Å². The van der Waals surface area contributed by atoms with Crippen LogP contribution in [0.15, 0.2) is 12.1 Å². The molecule has 0 N–H and O–H groups in total. The highest BCUT2D eigenvalue weighted by Crippen LogP contribution is 2.43. The molecule has 1 heterocycles. The van der Waals surface area contributed by atoms with Crippen LogP contribution < -0.4 is 9.47 Å².